The zero-order valence-electron chi connectivity index (χ0n) is 7.58. The van der Waals surface area contributed by atoms with Gasteiger partial charge in [0.25, 0.3) is 0 Å². The van der Waals surface area contributed by atoms with Crippen LogP contribution in [0.25, 0.3) is 0 Å². The third kappa shape index (κ3) is 1.16. The predicted molar refractivity (Wildman–Crippen MR) is 48.2 cm³/mol. The van der Waals surface area contributed by atoms with E-state index in [0.29, 0.717) is 12.8 Å². The fourth-order valence-corrected chi connectivity index (χ4v) is 3.32. The second kappa shape index (κ2) is 2.97. The molecular formula is C7H16N2O2S. The maximum Gasteiger partial charge on any atom is 0.220 e. The highest BCUT2D eigenvalue weighted by molar-refractivity contribution is 7.90. The van der Waals surface area contributed by atoms with E-state index in [9.17, 15) is 8.42 Å². The molecule has 12 heavy (non-hydrogen) atoms. The number of nitrogens with zero attached hydrogens (tertiary/aromatic N) is 1. The van der Waals surface area contributed by atoms with Crippen LogP contribution >= 0.6 is 0 Å². The third-order valence-electron chi connectivity index (χ3n) is 2.66. The summed E-state index contributed by atoms with van der Waals surface area (Å²) in [6.45, 7) is 0.244. The first-order chi connectivity index (χ1) is 5.46. The van der Waals surface area contributed by atoms with E-state index in [1.807, 2.05) is 0 Å². The lowest BCUT2D eigenvalue weighted by atomic mass is 9.84. The Bertz CT molecular complexity index is 249. The lowest BCUT2D eigenvalue weighted by Crippen LogP contribution is -2.55. The van der Waals surface area contributed by atoms with Crippen molar-refractivity contribution in [2.75, 3.05) is 20.6 Å². The maximum absolute atomic E-state index is 11.7. The van der Waals surface area contributed by atoms with Crippen molar-refractivity contribution in [2.45, 2.75) is 24.0 Å². The monoisotopic (exact) mass is 192 g/mol. The standard InChI is InChI=1S/C7H16N2O2S/c1-9(2)12(10,11)7(6-8)4-3-5-7/h3-6,8H2,1-2H3. The summed E-state index contributed by atoms with van der Waals surface area (Å²) in [5.41, 5.74) is 5.49. The van der Waals surface area contributed by atoms with Crippen LogP contribution in [0.2, 0.25) is 0 Å². The van der Waals surface area contributed by atoms with Crippen molar-refractivity contribution >= 4 is 10.0 Å². The second-order valence-electron chi connectivity index (χ2n) is 3.53. The van der Waals surface area contributed by atoms with Crippen LogP contribution in [0.1, 0.15) is 19.3 Å². The van der Waals surface area contributed by atoms with Gasteiger partial charge in [0.05, 0.1) is 4.75 Å². The number of sulfonamides is 1. The van der Waals surface area contributed by atoms with E-state index >= 15 is 0 Å². The molecule has 72 valence electrons. The van der Waals surface area contributed by atoms with Crippen molar-refractivity contribution in [2.24, 2.45) is 5.73 Å². The van der Waals surface area contributed by atoms with Crippen LogP contribution in [0.5, 0.6) is 0 Å². The van der Waals surface area contributed by atoms with Gasteiger partial charge in [-0.1, -0.05) is 6.42 Å². The van der Waals surface area contributed by atoms with Crippen molar-refractivity contribution < 1.29 is 8.42 Å². The Hall–Kier alpha value is -0.130. The normalized spacial score (nSPS) is 22.3. The fraction of sp³-hybridized carbons (Fsp3) is 1.00. The molecule has 5 heteroatoms. The van der Waals surface area contributed by atoms with E-state index in [-0.39, 0.29) is 6.54 Å². The van der Waals surface area contributed by atoms with Crippen LogP contribution in [0.15, 0.2) is 0 Å². The molecule has 0 radical (unpaired) electrons. The zero-order valence-corrected chi connectivity index (χ0v) is 8.39. The number of nitrogens with two attached hydrogens (primary N) is 1. The SMILES string of the molecule is CN(C)S(=O)(=O)C1(CN)CCC1. The van der Waals surface area contributed by atoms with E-state index in [0.717, 1.165) is 6.42 Å². The molecule has 0 amide bonds. The van der Waals surface area contributed by atoms with Crippen LogP contribution < -0.4 is 5.73 Å². The van der Waals surface area contributed by atoms with Crippen molar-refractivity contribution in [3.8, 4) is 0 Å². The average molecular weight is 192 g/mol. The van der Waals surface area contributed by atoms with Crippen LogP contribution in [0.4, 0.5) is 0 Å². The molecule has 1 rings (SSSR count). The van der Waals surface area contributed by atoms with Crippen molar-refractivity contribution in [3.05, 3.63) is 0 Å². The molecule has 0 aromatic rings. The third-order valence-corrected chi connectivity index (χ3v) is 5.30. The van der Waals surface area contributed by atoms with E-state index < -0.39 is 14.8 Å². The van der Waals surface area contributed by atoms with Gasteiger partial charge >= 0.3 is 0 Å². The maximum atomic E-state index is 11.7. The molecule has 0 aromatic heterocycles. The smallest absolute Gasteiger partial charge is 0.220 e. The van der Waals surface area contributed by atoms with Gasteiger partial charge in [-0.05, 0) is 12.8 Å². The van der Waals surface area contributed by atoms with Gasteiger partial charge in [-0.25, -0.2) is 12.7 Å². The molecule has 0 spiro atoms. The largest absolute Gasteiger partial charge is 0.329 e. The molecule has 2 N–H and O–H groups in total. The molecule has 0 saturated heterocycles. The molecule has 1 aliphatic rings. The van der Waals surface area contributed by atoms with Gasteiger partial charge in [-0.2, -0.15) is 0 Å². The number of hydrogen-bond acceptors (Lipinski definition) is 3. The highest BCUT2D eigenvalue weighted by Crippen LogP contribution is 2.39. The van der Waals surface area contributed by atoms with Crippen LogP contribution in [0.3, 0.4) is 0 Å². The molecule has 4 nitrogen and oxygen atoms in total. The van der Waals surface area contributed by atoms with Gasteiger partial charge in [-0.3, -0.25) is 0 Å². The van der Waals surface area contributed by atoms with Crippen molar-refractivity contribution in [1.82, 2.24) is 4.31 Å². The van der Waals surface area contributed by atoms with E-state index in [1.165, 1.54) is 4.31 Å². The summed E-state index contributed by atoms with van der Waals surface area (Å²) in [5, 5.41) is 0. The first kappa shape index (κ1) is 9.95. The average Bonchev–Trinajstić information content (AvgIpc) is 1.85. The van der Waals surface area contributed by atoms with Gasteiger partial charge in [0.2, 0.25) is 10.0 Å². The lowest BCUT2D eigenvalue weighted by molar-refractivity contribution is 0.326. The van der Waals surface area contributed by atoms with E-state index in [1.54, 1.807) is 14.1 Å². The first-order valence-corrected chi connectivity index (χ1v) is 5.52. The van der Waals surface area contributed by atoms with Gasteiger partial charge < -0.3 is 5.73 Å². The summed E-state index contributed by atoms with van der Waals surface area (Å²) >= 11 is 0. The van der Waals surface area contributed by atoms with Crippen molar-refractivity contribution in [1.29, 1.82) is 0 Å². The quantitative estimate of drug-likeness (QED) is 0.671. The molecule has 0 bridgehead atoms. The van der Waals surface area contributed by atoms with Crippen molar-refractivity contribution in [3.63, 3.8) is 0 Å². The summed E-state index contributed by atoms with van der Waals surface area (Å²) in [5.74, 6) is 0. The molecule has 0 aromatic carbocycles. The van der Waals surface area contributed by atoms with Gasteiger partial charge in [0.1, 0.15) is 0 Å². The molecule has 1 fully saturated rings. The highest BCUT2D eigenvalue weighted by atomic mass is 32.2. The summed E-state index contributed by atoms with van der Waals surface area (Å²) in [7, 11) is -0.0224. The van der Waals surface area contributed by atoms with Gasteiger partial charge in [-0.15, -0.1) is 0 Å². The molecule has 0 aliphatic heterocycles. The topological polar surface area (TPSA) is 63.4 Å². The minimum absolute atomic E-state index is 0.244. The summed E-state index contributed by atoms with van der Waals surface area (Å²) in [4.78, 5) is 0. The summed E-state index contributed by atoms with van der Waals surface area (Å²) in [6, 6.07) is 0. The Balaban J connectivity index is 2.93. The van der Waals surface area contributed by atoms with Crippen LogP contribution in [-0.4, -0.2) is 38.1 Å². The summed E-state index contributed by atoms with van der Waals surface area (Å²) in [6.07, 6.45) is 2.40. The fourth-order valence-electron chi connectivity index (χ4n) is 1.53. The van der Waals surface area contributed by atoms with Gasteiger partial charge in [0, 0.05) is 20.6 Å². The van der Waals surface area contributed by atoms with Crippen LogP contribution in [0, 0.1) is 0 Å². The Labute approximate surface area is 73.8 Å². The molecule has 1 aliphatic carbocycles. The molecule has 0 unspecified atom stereocenters. The minimum atomic E-state index is -3.14. The first-order valence-electron chi connectivity index (χ1n) is 4.08. The van der Waals surface area contributed by atoms with Gasteiger partial charge in [0.15, 0.2) is 0 Å². The molecular weight excluding hydrogens is 176 g/mol. The number of rotatable bonds is 3. The van der Waals surface area contributed by atoms with E-state index in [2.05, 4.69) is 0 Å². The lowest BCUT2D eigenvalue weighted by Gasteiger charge is -2.41. The predicted octanol–water partition coefficient (Wildman–Crippen LogP) is -0.241. The Morgan fingerprint density at radius 1 is 1.42 bits per heavy atom. The Kier molecular flexibility index (Phi) is 2.47. The summed E-state index contributed by atoms with van der Waals surface area (Å²) < 4.78 is 24.1. The van der Waals surface area contributed by atoms with Crippen LogP contribution in [-0.2, 0) is 10.0 Å². The Morgan fingerprint density at radius 2 is 1.92 bits per heavy atom. The minimum Gasteiger partial charge on any atom is -0.329 e. The molecule has 0 heterocycles. The zero-order chi connectivity index (χ0) is 9.41. The Morgan fingerprint density at radius 3 is 2.00 bits per heavy atom. The molecule has 1 saturated carbocycles. The molecule has 0 atom stereocenters. The number of hydrogen-bond donors (Lipinski definition) is 1. The van der Waals surface area contributed by atoms with E-state index in [4.69, 9.17) is 5.73 Å². The second-order valence-corrected chi connectivity index (χ2v) is 6.07. The highest BCUT2D eigenvalue weighted by Gasteiger charge is 2.48.